The van der Waals surface area contributed by atoms with Crippen LogP contribution < -0.4 is 5.32 Å². The summed E-state index contributed by atoms with van der Waals surface area (Å²) < 4.78 is 4.28. The molecule has 3 aromatic heterocycles. The third-order valence-corrected chi connectivity index (χ3v) is 3.37. The fourth-order valence-electron chi connectivity index (χ4n) is 1.65. The number of anilines is 1. The second-order valence-corrected chi connectivity index (χ2v) is 4.48. The molecule has 0 aliphatic carbocycles. The van der Waals surface area contributed by atoms with Gasteiger partial charge in [-0.1, -0.05) is 0 Å². The minimum atomic E-state index is 0.601. The average Bonchev–Trinajstić information content (AvgIpc) is 2.80. The van der Waals surface area contributed by atoms with E-state index in [2.05, 4.69) is 29.6 Å². The van der Waals surface area contributed by atoms with E-state index in [0.29, 0.717) is 6.54 Å². The van der Waals surface area contributed by atoms with Gasteiger partial charge in [0.15, 0.2) is 0 Å². The Morgan fingerprint density at radius 2 is 2.17 bits per heavy atom. The first-order valence-corrected chi connectivity index (χ1v) is 6.17. The monoisotopic (exact) mass is 258 g/mol. The van der Waals surface area contributed by atoms with E-state index in [4.69, 9.17) is 0 Å². The molecule has 0 atom stereocenters. The van der Waals surface area contributed by atoms with Crippen LogP contribution >= 0.6 is 11.5 Å². The predicted molar refractivity (Wildman–Crippen MR) is 69.3 cm³/mol. The molecule has 0 radical (unpaired) electrons. The number of aryl methyl sites for hydroxylation is 1. The van der Waals surface area contributed by atoms with Gasteiger partial charge in [-0.2, -0.15) is 4.37 Å². The molecule has 3 heterocycles. The molecule has 0 aliphatic rings. The third kappa shape index (κ3) is 2.00. The van der Waals surface area contributed by atoms with Gasteiger partial charge in [-0.05, 0) is 24.5 Å². The lowest BCUT2D eigenvalue weighted by atomic mass is 10.3. The first-order chi connectivity index (χ1) is 8.84. The van der Waals surface area contributed by atoms with Gasteiger partial charge < -0.3 is 5.32 Å². The zero-order valence-corrected chi connectivity index (χ0v) is 10.5. The van der Waals surface area contributed by atoms with Crippen molar-refractivity contribution in [3.05, 3.63) is 36.3 Å². The third-order valence-electron chi connectivity index (χ3n) is 2.52. The van der Waals surface area contributed by atoms with Crippen LogP contribution in [0.15, 0.2) is 24.9 Å². The van der Waals surface area contributed by atoms with Crippen LogP contribution in [-0.4, -0.2) is 24.3 Å². The summed E-state index contributed by atoms with van der Waals surface area (Å²) in [4.78, 5) is 17.4. The molecule has 0 saturated carbocycles. The molecule has 0 spiro atoms. The molecule has 1 N–H and O–H groups in total. The molecule has 90 valence electrons. The lowest BCUT2D eigenvalue weighted by Crippen LogP contribution is -2.04. The smallest absolute Gasteiger partial charge is 0.149 e. The maximum atomic E-state index is 4.28. The Balaban J connectivity index is 1.89. The van der Waals surface area contributed by atoms with E-state index in [9.17, 15) is 0 Å². The quantitative estimate of drug-likeness (QED) is 0.772. The molecule has 3 rings (SSSR count). The lowest BCUT2D eigenvalue weighted by molar-refractivity contribution is 0.996. The van der Waals surface area contributed by atoms with Gasteiger partial charge in [0, 0.05) is 6.20 Å². The maximum Gasteiger partial charge on any atom is 0.149 e. The van der Waals surface area contributed by atoms with Crippen LogP contribution in [0.25, 0.3) is 10.2 Å². The zero-order valence-electron chi connectivity index (χ0n) is 9.66. The van der Waals surface area contributed by atoms with Gasteiger partial charge in [0.05, 0.1) is 23.3 Å². The van der Waals surface area contributed by atoms with Gasteiger partial charge >= 0.3 is 0 Å². The van der Waals surface area contributed by atoms with E-state index < -0.39 is 0 Å². The number of fused-ring (bicyclic) bond motifs is 1. The Bertz CT molecular complexity index is 666. The normalized spacial score (nSPS) is 10.7. The first kappa shape index (κ1) is 11.0. The van der Waals surface area contributed by atoms with Crippen LogP contribution in [0.4, 0.5) is 5.82 Å². The molecule has 0 bridgehead atoms. The van der Waals surface area contributed by atoms with E-state index >= 15 is 0 Å². The largest absolute Gasteiger partial charge is 0.364 e. The van der Waals surface area contributed by atoms with Gasteiger partial charge in [0.2, 0.25) is 0 Å². The van der Waals surface area contributed by atoms with Crippen molar-refractivity contribution in [1.29, 1.82) is 0 Å². The number of hydrogen-bond acceptors (Lipinski definition) is 7. The summed E-state index contributed by atoms with van der Waals surface area (Å²) in [6, 6.07) is 1.87. The number of rotatable bonds is 3. The van der Waals surface area contributed by atoms with Crippen LogP contribution in [0.1, 0.15) is 11.4 Å². The van der Waals surface area contributed by atoms with E-state index in [-0.39, 0.29) is 0 Å². The van der Waals surface area contributed by atoms with Crippen molar-refractivity contribution in [2.45, 2.75) is 13.5 Å². The fourth-order valence-corrected chi connectivity index (χ4v) is 2.40. The lowest BCUT2D eigenvalue weighted by Gasteiger charge is -2.05. The number of hydrogen-bond donors (Lipinski definition) is 1. The van der Waals surface area contributed by atoms with Crippen molar-refractivity contribution in [3.8, 4) is 0 Å². The van der Waals surface area contributed by atoms with Crippen molar-refractivity contribution >= 4 is 27.6 Å². The Labute approximate surface area is 107 Å². The summed E-state index contributed by atoms with van der Waals surface area (Å²) in [6.07, 6.45) is 4.79. The van der Waals surface area contributed by atoms with Crippen molar-refractivity contribution in [3.63, 3.8) is 0 Å². The van der Waals surface area contributed by atoms with E-state index in [1.165, 1.54) is 17.9 Å². The van der Waals surface area contributed by atoms with Crippen molar-refractivity contribution in [1.82, 2.24) is 24.3 Å². The Kier molecular flexibility index (Phi) is 2.81. The van der Waals surface area contributed by atoms with E-state index in [0.717, 1.165) is 27.4 Å². The fraction of sp³-hybridized carbons (Fsp3) is 0.182. The zero-order chi connectivity index (χ0) is 12.4. The number of aromatic nitrogens is 5. The molecular weight excluding hydrogens is 248 g/mol. The molecular formula is C11H10N6S. The highest BCUT2D eigenvalue weighted by Gasteiger charge is 2.09. The van der Waals surface area contributed by atoms with Crippen molar-refractivity contribution < 1.29 is 0 Å². The van der Waals surface area contributed by atoms with Gasteiger partial charge in [0.25, 0.3) is 0 Å². The second kappa shape index (κ2) is 4.61. The van der Waals surface area contributed by atoms with Crippen LogP contribution in [0, 0.1) is 6.92 Å². The van der Waals surface area contributed by atoms with E-state index in [1.54, 1.807) is 12.5 Å². The summed E-state index contributed by atoms with van der Waals surface area (Å²) >= 11 is 1.38. The average molecular weight is 258 g/mol. The molecule has 0 unspecified atom stereocenters. The summed E-state index contributed by atoms with van der Waals surface area (Å²) in [7, 11) is 0. The first-order valence-electron chi connectivity index (χ1n) is 5.40. The Morgan fingerprint density at radius 1 is 1.22 bits per heavy atom. The molecule has 0 amide bonds. The highest BCUT2D eigenvalue weighted by atomic mass is 32.1. The second-order valence-electron chi connectivity index (χ2n) is 3.72. The number of nitrogens with one attached hydrogen (secondary N) is 1. The maximum absolute atomic E-state index is 4.28. The van der Waals surface area contributed by atoms with Crippen LogP contribution in [0.3, 0.4) is 0 Å². The van der Waals surface area contributed by atoms with Crippen LogP contribution in [0.5, 0.6) is 0 Å². The van der Waals surface area contributed by atoms with Crippen LogP contribution in [-0.2, 0) is 6.54 Å². The molecule has 0 aromatic carbocycles. The summed E-state index contributed by atoms with van der Waals surface area (Å²) in [5.41, 5.74) is 1.86. The number of nitrogens with zero attached hydrogens (tertiary/aromatic N) is 5. The molecule has 3 aromatic rings. The minimum absolute atomic E-state index is 0.601. The Hall–Kier alpha value is -2.15. The van der Waals surface area contributed by atoms with E-state index in [1.807, 2.05) is 13.0 Å². The van der Waals surface area contributed by atoms with Crippen molar-refractivity contribution in [2.24, 2.45) is 0 Å². The minimum Gasteiger partial charge on any atom is -0.364 e. The molecule has 0 saturated heterocycles. The standard InChI is InChI=1S/C11H10N6S/c1-7-9-10(15-6-16-11(9)18-17-7)13-4-8-2-3-12-5-14-8/h2-3,5-6H,4H2,1H3,(H,13,15,16). The van der Waals surface area contributed by atoms with Crippen molar-refractivity contribution in [2.75, 3.05) is 5.32 Å². The molecule has 0 aliphatic heterocycles. The summed E-state index contributed by atoms with van der Waals surface area (Å²) in [6.45, 7) is 2.56. The SMILES string of the molecule is Cc1nsc2ncnc(NCc3ccncn3)c12. The molecule has 0 fully saturated rings. The van der Waals surface area contributed by atoms with Crippen LogP contribution in [0.2, 0.25) is 0 Å². The highest BCUT2D eigenvalue weighted by molar-refractivity contribution is 7.13. The molecule has 6 nitrogen and oxygen atoms in total. The van der Waals surface area contributed by atoms with Gasteiger partial charge in [-0.3, -0.25) is 0 Å². The molecule has 18 heavy (non-hydrogen) atoms. The van der Waals surface area contributed by atoms with Gasteiger partial charge in [-0.25, -0.2) is 19.9 Å². The highest BCUT2D eigenvalue weighted by Crippen LogP contribution is 2.25. The predicted octanol–water partition coefficient (Wildman–Crippen LogP) is 1.80. The van der Waals surface area contributed by atoms with Gasteiger partial charge in [-0.15, -0.1) is 0 Å². The van der Waals surface area contributed by atoms with Gasteiger partial charge in [0.1, 0.15) is 23.3 Å². The molecule has 7 heteroatoms. The summed E-state index contributed by atoms with van der Waals surface area (Å²) in [5.74, 6) is 0.796. The topological polar surface area (TPSA) is 76.5 Å². The summed E-state index contributed by atoms with van der Waals surface area (Å²) in [5, 5.41) is 4.24. The Morgan fingerprint density at radius 3 is 3.00 bits per heavy atom.